The summed E-state index contributed by atoms with van der Waals surface area (Å²) in [5, 5.41) is 7.57. The molecule has 260 valence electrons. The minimum atomic E-state index is 0.532. The second-order valence-corrected chi connectivity index (χ2v) is 14.0. The molecule has 5 nitrogen and oxygen atoms in total. The van der Waals surface area contributed by atoms with Crippen LogP contribution in [0.15, 0.2) is 171 Å². The molecule has 4 heterocycles. The lowest BCUT2D eigenvalue weighted by Crippen LogP contribution is -1.96. The van der Waals surface area contributed by atoms with Crippen LogP contribution in [0.5, 0.6) is 0 Å². The number of hydrogen-bond donors (Lipinski definition) is 0. The summed E-state index contributed by atoms with van der Waals surface area (Å²) in [6, 6.07) is 48.1. The van der Waals surface area contributed by atoms with Crippen LogP contribution >= 0.6 is 0 Å². The molecule has 0 fully saturated rings. The second kappa shape index (κ2) is 12.1. The average Bonchev–Trinajstić information content (AvgIpc) is 3.98. The van der Waals surface area contributed by atoms with Gasteiger partial charge < -0.3 is 17.8 Å². The maximum Gasteiger partial charge on any atom is 0.136 e. The Morgan fingerprint density at radius 3 is 2.07 bits per heavy atom. The van der Waals surface area contributed by atoms with E-state index in [1.807, 2.05) is 54.8 Å². The molecule has 0 N–H and O–H groups in total. The molecular weight excluding hydrogens is 677 g/mol. The van der Waals surface area contributed by atoms with E-state index in [4.69, 9.17) is 18.2 Å². The first-order chi connectivity index (χ1) is 27.2. The first-order valence-electron chi connectivity index (χ1n) is 18.4. The topological polar surface area (TPSA) is 56.7 Å². The highest BCUT2D eigenvalue weighted by atomic mass is 16.3. The molecule has 11 aromatic rings. The van der Waals surface area contributed by atoms with Gasteiger partial charge in [-0.25, -0.2) is 0 Å². The zero-order valence-corrected chi connectivity index (χ0v) is 29.8. The van der Waals surface area contributed by atoms with Gasteiger partial charge >= 0.3 is 0 Å². The van der Waals surface area contributed by atoms with Gasteiger partial charge in [0.05, 0.1) is 17.8 Å². The summed E-state index contributed by atoms with van der Waals surface area (Å²) in [4.78, 5) is 4.89. The SMILES string of the molecule is C=Cc1c(C=C)n(-c2ccc3oc4cccc(-c5ccc6oc7cccc(C=NCc8ccc9c(c8)oc8ccccc89)c7c6c5)c4c3c2)c2ccccc12. The summed E-state index contributed by atoms with van der Waals surface area (Å²) < 4.78 is 21.2. The van der Waals surface area contributed by atoms with Crippen molar-refractivity contribution in [1.82, 2.24) is 4.57 Å². The van der Waals surface area contributed by atoms with Gasteiger partial charge in [-0.2, -0.15) is 0 Å². The van der Waals surface area contributed by atoms with E-state index >= 15 is 0 Å². The number of para-hydroxylation sites is 2. The lowest BCUT2D eigenvalue weighted by Gasteiger charge is -2.10. The molecule has 11 rings (SSSR count). The largest absolute Gasteiger partial charge is 0.456 e. The maximum absolute atomic E-state index is 6.47. The molecule has 0 unspecified atom stereocenters. The van der Waals surface area contributed by atoms with Crippen LogP contribution in [0, 0.1) is 0 Å². The Morgan fingerprint density at radius 2 is 1.22 bits per heavy atom. The van der Waals surface area contributed by atoms with E-state index < -0.39 is 0 Å². The summed E-state index contributed by atoms with van der Waals surface area (Å²) in [7, 11) is 0. The van der Waals surface area contributed by atoms with Crippen LogP contribution in [-0.4, -0.2) is 10.8 Å². The Labute approximate surface area is 315 Å². The van der Waals surface area contributed by atoms with Crippen molar-refractivity contribution in [3.05, 3.63) is 175 Å². The fraction of sp³-hybridized carbons (Fsp3) is 0.0200. The third-order valence-corrected chi connectivity index (χ3v) is 10.9. The Balaban J connectivity index is 1.01. The van der Waals surface area contributed by atoms with Crippen LogP contribution in [-0.2, 0) is 6.54 Å². The van der Waals surface area contributed by atoms with Crippen molar-refractivity contribution in [2.24, 2.45) is 4.99 Å². The highest BCUT2D eigenvalue weighted by Crippen LogP contribution is 2.41. The fourth-order valence-electron chi connectivity index (χ4n) is 8.42. The monoisotopic (exact) mass is 708 g/mol. The van der Waals surface area contributed by atoms with E-state index in [9.17, 15) is 0 Å². The molecule has 5 heteroatoms. The average molecular weight is 709 g/mol. The summed E-state index contributed by atoms with van der Waals surface area (Å²) in [6.45, 7) is 8.81. The van der Waals surface area contributed by atoms with Crippen molar-refractivity contribution in [3.8, 4) is 16.8 Å². The van der Waals surface area contributed by atoms with Crippen molar-refractivity contribution < 1.29 is 13.3 Å². The standard InChI is InChI=1S/C50H32N2O3/c1-3-34-36-12-5-7-15-42(36)52(41(34)4-2)33-21-24-45-40(27-33)50-35(14-10-18-47(50)54-45)31-20-23-44-39(26-31)49-32(11-9-17-46(49)53-44)29-51-28-30-19-22-38-37-13-6-8-16-43(37)55-48(38)25-30/h3-27,29H,1-2,28H2. The van der Waals surface area contributed by atoms with Crippen molar-refractivity contribution in [2.75, 3.05) is 0 Å². The number of benzene rings is 7. The number of fused-ring (bicyclic) bond motifs is 10. The van der Waals surface area contributed by atoms with Gasteiger partial charge in [-0.05, 0) is 83.4 Å². The minimum absolute atomic E-state index is 0.532. The lowest BCUT2D eigenvalue weighted by molar-refractivity contribution is 0.668. The Bertz CT molecular complexity index is 3400. The summed E-state index contributed by atoms with van der Waals surface area (Å²) in [5.74, 6) is 0. The van der Waals surface area contributed by atoms with Gasteiger partial charge in [0.15, 0.2) is 0 Å². The zero-order chi connectivity index (χ0) is 36.6. The van der Waals surface area contributed by atoms with Crippen molar-refractivity contribution >= 4 is 95.1 Å². The molecule has 0 aliphatic carbocycles. The van der Waals surface area contributed by atoms with Gasteiger partial charge in [-0.3, -0.25) is 4.99 Å². The molecule has 0 radical (unpaired) electrons. The van der Waals surface area contributed by atoms with E-state index in [-0.39, 0.29) is 0 Å². The molecule has 0 bridgehead atoms. The van der Waals surface area contributed by atoms with E-state index in [0.29, 0.717) is 6.54 Å². The Kier molecular flexibility index (Phi) is 6.85. The maximum atomic E-state index is 6.47. The van der Waals surface area contributed by atoms with Gasteiger partial charge in [0.2, 0.25) is 0 Å². The van der Waals surface area contributed by atoms with Gasteiger partial charge in [0, 0.05) is 60.7 Å². The fourth-order valence-corrected chi connectivity index (χ4v) is 8.42. The number of furan rings is 3. The summed E-state index contributed by atoms with van der Waals surface area (Å²) >= 11 is 0. The third kappa shape index (κ3) is 4.76. The zero-order valence-electron chi connectivity index (χ0n) is 29.8. The van der Waals surface area contributed by atoms with Crippen LogP contribution < -0.4 is 0 Å². The number of hydrogen-bond acceptors (Lipinski definition) is 4. The quantitative estimate of drug-likeness (QED) is 0.155. The molecule has 4 aromatic heterocycles. The van der Waals surface area contributed by atoms with Crippen LogP contribution in [0.3, 0.4) is 0 Å². The predicted molar refractivity (Wildman–Crippen MR) is 228 cm³/mol. The Morgan fingerprint density at radius 1 is 0.527 bits per heavy atom. The molecule has 55 heavy (non-hydrogen) atoms. The number of rotatable bonds is 7. The first kappa shape index (κ1) is 31.2. The molecule has 0 saturated carbocycles. The van der Waals surface area contributed by atoms with Gasteiger partial charge in [0.1, 0.15) is 33.5 Å². The first-order valence-corrected chi connectivity index (χ1v) is 18.4. The third-order valence-electron chi connectivity index (χ3n) is 10.9. The molecule has 0 spiro atoms. The van der Waals surface area contributed by atoms with Crippen LogP contribution in [0.1, 0.15) is 22.4 Å². The van der Waals surface area contributed by atoms with Gasteiger partial charge in [-0.1, -0.05) is 98.1 Å². The van der Waals surface area contributed by atoms with Gasteiger partial charge in [-0.15, -0.1) is 0 Å². The highest BCUT2D eigenvalue weighted by Gasteiger charge is 2.19. The van der Waals surface area contributed by atoms with E-state index in [1.165, 1.54) is 0 Å². The van der Waals surface area contributed by atoms with E-state index in [1.54, 1.807) is 0 Å². The van der Waals surface area contributed by atoms with E-state index in [0.717, 1.165) is 116 Å². The minimum Gasteiger partial charge on any atom is -0.456 e. The van der Waals surface area contributed by atoms with Crippen molar-refractivity contribution in [3.63, 3.8) is 0 Å². The summed E-state index contributed by atoms with van der Waals surface area (Å²) in [6.07, 6.45) is 5.78. The molecule has 0 amide bonds. The molecule has 0 saturated heterocycles. The molecule has 0 aliphatic rings. The predicted octanol–water partition coefficient (Wildman–Crippen LogP) is 13.9. The van der Waals surface area contributed by atoms with Crippen LogP contribution in [0.4, 0.5) is 0 Å². The second-order valence-electron chi connectivity index (χ2n) is 14.0. The number of aliphatic imine (C=N–C) groups is 1. The normalized spacial score (nSPS) is 12.1. The van der Waals surface area contributed by atoms with Crippen LogP contribution in [0.25, 0.3) is 106 Å². The van der Waals surface area contributed by atoms with Gasteiger partial charge in [0.25, 0.3) is 0 Å². The molecule has 7 aromatic carbocycles. The molecule has 0 aliphatic heterocycles. The van der Waals surface area contributed by atoms with E-state index in [2.05, 4.69) is 121 Å². The number of nitrogens with zero attached hydrogens (tertiary/aromatic N) is 2. The van der Waals surface area contributed by atoms with Crippen molar-refractivity contribution in [2.45, 2.75) is 6.54 Å². The highest BCUT2D eigenvalue weighted by molar-refractivity contribution is 6.17. The summed E-state index contributed by atoms with van der Waals surface area (Å²) in [5.41, 5.74) is 13.6. The molecule has 0 atom stereocenters. The van der Waals surface area contributed by atoms with Crippen LogP contribution in [0.2, 0.25) is 0 Å². The number of aromatic nitrogens is 1. The molecular formula is C50H32N2O3. The smallest absolute Gasteiger partial charge is 0.136 e. The Hall–Kier alpha value is -7.37. The van der Waals surface area contributed by atoms with Crippen molar-refractivity contribution in [1.29, 1.82) is 0 Å². The lowest BCUT2D eigenvalue weighted by atomic mass is 9.97.